The molecule has 0 atom stereocenters. The quantitative estimate of drug-likeness (QED) is 0.817. The minimum atomic E-state index is -0.301. The lowest BCUT2D eigenvalue weighted by atomic mass is 10.2. The molecular weight excluding hydrogens is 252 g/mol. The minimum absolute atomic E-state index is 0.301. The lowest BCUT2D eigenvalue weighted by molar-refractivity contribution is 0.102. The smallest absolute Gasteiger partial charge is 0.276 e. The van der Waals surface area contributed by atoms with Gasteiger partial charge >= 0.3 is 0 Å². The fraction of sp³-hybridized carbons (Fsp3) is 0.167. The van der Waals surface area contributed by atoms with E-state index < -0.39 is 0 Å². The molecule has 0 aliphatic carbocycles. The number of nitrogens with two attached hydrogens (primary N) is 1. The van der Waals surface area contributed by atoms with Crippen molar-refractivity contribution in [3.63, 3.8) is 0 Å². The highest BCUT2D eigenvalue weighted by atomic mass is 35.5. The first-order chi connectivity index (χ1) is 8.47. The summed E-state index contributed by atoms with van der Waals surface area (Å²) in [7, 11) is 1.78. The van der Waals surface area contributed by atoms with Gasteiger partial charge in [-0.05, 0) is 31.2 Å². The van der Waals surface area contributed by atoms with Crippen molar-refractivity contribution >= 4 is 28.9 Å². The Balaban J connectivity index is 2.21. The van der Waals surface area contributed by atoms with Crippen molar-refractivity contribution in [3.05, 3.63) is 40.7 Å². The summed E-state index contributed by atoms with van der Waals surface area (Å²) in [4.78, 5) is 11.9. The van der Waals surface area contributed by atoms with E-state index in [-0.39, 0.29) is 5.91 Å². The standard InChI is InChI=1S/C12H13ClN4O/c1-7-5-11(16-17(7)2)12(18)15-10-4-3-8(14)6-9(10)13/h3-6H,14H2,1-2H3,(H,15,18). The van der Waals surface area contributed by atoms with E-state index in [0.717, 1.165) is 5.69 Å². The Labute approximate surface area is 110 Å². The Morgan fingerprint density at radius 2 is 2.17 bits per heavy atom. The van der Waals surface area contributed by atoms with Gasteiger partial charge in [0.2, 0.25) is 0 Å². The second-order valence-corrected chi connectivity index (χ2v) is 4.40. The minimum Gasteiger partial charge on any atom is -0.399 e. The summed E-state index contributed by atoms with van der Waals surface area (Å²) in [6, 6.07) is 6.62. The highest BCUT2D eigenvalue weighted by molar-refractivity contribution is 6.34. The first kappa shape index (κ1) is 12.4. The van der Waals surface area contributed by atoms with Crippen LogP contribution in [0.25, 0.3) is 0 Å². The summed E-state index contributed by atoms with van der Waals surface area (Å²) in [6.45, 7) is 1.87. The molecule has 0 unspecified atom stereocenters. The number of anilines is 2. The van der Waals surface area contributed by atoms with Crippen LogP contribution in [0.4, 0.5) is 11.4 Å². The van der Waals surface area contributed by atoms with Gasteiger partial charge in [-0.1, -0.05) is 11.6 Å². The Kier molecular flexibility index (Phi) is 3.25. The van der Waals surface area contributed by atoms with Crippen molar-refractivity contribution in [3.8, 4) is 0 Å². The maximum Gasteiger partial charge on any atom is 0.276 e. The SMILES string of the molecule is Cc1cc(C(=O)Nc2ccc(N)cc2Cl)nn1C. The van der Waals surface area contributed by atoms with E-state index >= 15 is 0 Å². The van der Waals surface area contributed by atoms with Gasteiger partial charge in [0.15, 0.2) is 5.69 Å². The van der Waals surface area contributed by atoms with Crippen LogP contribution in [0.2, 0.25) is 5.02 Å². The van der Waals surface area contributed by atoms with Crippen molar-refractivity contribution < 1.29 is 4.79 Å². The number of nitrogens with zero attached hydrogens (tertiary/aromatic N) is 2. The zero-order valence-electron chi connectivity index (χ0n) is 10.1. The molecule has 3 N–H and O–H groups in total. The molecule has 0 aliphatic heterocycles. The number of rotatable bonds is 2. The monoisotopic (exact) mass is 264 g/mol. The van der Waals surface area contributed by atoms with Crippen molar-refractivity contribution in [2.24, 2.45) is 7.05 Å². The molecule has 6 heteroatoms. The van der Waals surface area contributed by atoms with Crippen molar-refractivity contribution in [1.29, 1.82) is 0 Å². The van der Waals surface area contributed by atoms with E-state index in [0.29, 0.717) is 22.1 Å². The Hall–Kier alpha value is -2.01. The molecule has 0 bridgehead atoms. The first-order valence-electron chi connectivity index (χ1n) is 5.34. The summed E-state index contributed by atoms with van der Waals surface area (Å²) >= 11 is 5.98. The predicted molar refractivity (Wildman–Crippen MR) is 71.8 cm³/mol. The molecule has 2 aromatic rings. The fourth-order valence-corrected chi connectivity index (χ4v) is 1.73. The third-order valence-corrected chi connectivity index (χ3v) is 2.90. The molecular formula is C12H13ClN4O. The average Bonchev–Trinajstić information content (AvgIpc) is 2.63. The third kappa shape index (κ3) is 2.46. The molecule has 1 amide bonds. The largest absolute Gasteiger partial charge is 0.399 e. The van der Waals surface area contributed by atoms with E-state index in [2.05, 4.69) is 10.4 Å². The number of nitrogens with one attached hydrogen (secondary N) is 1. The molecule has 0 saturated carbocycles. The molecule has 1 heterocycles. The van der Waals surface area contributed by atoms with Crippen LogP contribution in [0.1, 0.15) is 16.2 Å². The van der Waals surface area contributed by atoms with Gasteiger partial charge in [0.25, 0.3) is 5.91 Å². The summed E-state index contributed by atoms with van der Waals surface area (Å²) < 4.78 is 1.64. The summed E-state index contributed by atoms with van der Waals surface area (Å²) in [5.74, 6) is -0.301. The van der Waals surface area contributed by atoms with Crippen LogP contribution in [0.15, 0.2) is 24.3 Å². The Bertz CT molecular complexity index is 587. The second kappa shape index (κ2) is 4.70. The molecule has 1 aromatic carbocycles. The van der Waals surface area contributed by atoms with Crippen LogP contribution in [0.3, 0.4) is 0 Å². The number of amides is 1. The number of aromatic nitrogens is 2. The molecule has 18 heavy (non-hydrogen) atoms. The van der Waals surface area contributed by atoms with E-state index in [1.54, 1.807) is 36.0 Å². The lowest BCUT2D eigenvalue weighted by Crippen LogP contribution is -2.13. The van der Waals surface area contributed by atoms with Gasteiger partial charge in [-0.3, -0.25) is 9.48 Å². The van der Waals surface area contributed by atoms with Gasteiger partial charge in [-0.2, -0.15) is 5.10 Å². The molecule has 0 radical (unpaired) electrons. The van der Waals surface area contributed by atoms with Gasteiger partial charge in [0.05, 0.1) is 10.7 Å². The molecule has 5 nitrogen and oxygen atoms in total. The molecule has 2 rings (SSSR count). The number of hydrogen-bond acceptors (Lipinski definition) is 3. The zero-order chi connectivity index (χ0) is 13.3. The van der Waals surface area contributed by atoms with Crippen LogP contribution in [-0.4, -0.2) is 15.7 Å². The van der Waals surface area contributed by atoms with Crippen LogP contribution in [0, 0.1) is 6.92 Å². The number of aryl methyl sites for hydroxylation is 2. The maximum atomic E-state index is 11.9. The maximum absolute atomic E-state index is 11.9. The van der Waals surface area contributed by atoms with Crippen LogP contribution in [-0.2, 0) is 7.05 Å². The summed E-state index contributed by atoms with van der Waals surface area (Å²) in [5.41, 5.74) is 7.90. The Morgan fingerprint density at radius 1 is 1.44 bits per heavy atom. The normalized spacial score (nSPS) is 10.4. The number of halogens is 1. The van der Waals surface area contributed by atoms with Crippen molar-refractivity contribution in [1.82, 2.24) is 9.78 Å². The van der Waals surface area contributed by atoms with E-state index in [9.17, 15) is 4.79 Å². The van der Waals surface area contributed by atoms with Crippen molar-refractivity contribution in [2.75, 3.05) is 11.1 Å². The highest BCUT2D eigenvalue weighted by Crippen LogP contribution is 2.24. The van der Waals surface area contributed by atoms with Gasteiger partial charge in [0, 0.05) is 18.4 Å². The number of carbonyl (C=O) groups excluding carboxylic acids is 1. The topological polar surface area (TPSA) is 72.9 Å². The van der Waals surface area contributed by atoms with Gasteiger partial charge < -0.3 is 11.1 Å². The number of benzene rings is 1. The summed E-state index contributed by atoms with van der Waals surface area (Å²) in [5, 5.41) is 7.18. The van der Waals surface area contributed by atoms with Gasteiger partial charge in [-0.25, -0.2) is 0 Å². The molecule has 0 fully saturated rings. The number of nitrogen functional groups attached to an aromatic ring is 1. The van der Waals surface area contributed by atoms with Crippen LogP contribution >= 0.6 is 11.6 Å². The van der Waals surface area contributed by atoms with E-state index in [4.69, 9.17) is 17.3 Å². The summed E-state index contributed by atoms with van der Waals surface area (Å²) in [6.07, 6.45) is 0. The number of carbonyl (C=O) groups is 1. The molecule has 1 aromatic heterocycles. The van der Waals surface area contributed by atoms with Crippen LogP contribution in [0.5, 0.6) is 0 Å². The van der Waals surface area contributed by atoms with E-state index in [1.807, 2.05) is 6.92 Å². The first-order valence-corrected chi connectivity index (χ1v) is 5.72. The van der Waals surface area contributed by atoms with Gasteiger partial charge in [0.1, 0.15) is 0 Å². The van der Waals surface area contributed by atoms with Gasteiger partial charge in [-0.15, -0.1) is 0 Å². The number of hydrogen-bond donors (Lipinski definition) is 2. The predicted octanol–water partition coefficient (Wildman–Crippen LogP) is 2.22. The Morgan fingerprint density at radius 3 is 2.72 bits per heavy atom. The fourth-order valence-electron chi connectivity index (χ4n) is 1.49. The van der Waals surface area contributed by atoms with Crippen LogP contribution < -0.4 is 11.1 Å². The average molecular weight is 265 g/mol. The molecule has 0 spiro atoms. The van der Waals surface area contributed by atoms with Crippen molar-refractivity contribution in [2.45, 2.75) is 6.92 Å². The molecule has 0 saturated heterocycles. The third-order valence-electron chi connectivity index (χ3n) is 2.59. The molecule has 94 valence electrons. The lowest BCUT2D eigenvalue weighted by Gasteiger charge is -2.06. The zero-order valence-corrected chi connectivity index (χ0v) is 10.8. The molecule has 0 aliphatic rings. The highest BCUT2D eigenvalue weighted by Gasteiger charge is 2.12. The van der Waals surface area contributed by atoms with E-state index in [1.165, 1.54) is 0 Å². The second-order valence-electron chi connectivity index (χ2n) is 3.99.